The van der Waals surface area contributed by atoms with Crippen LogP contribution < -0.4 is 0 Å². The molecule has 0 aliphatic carbocycles. The lowest BCUT2D eigenvalue weighted by atomic mass is 9.96. The number of fused-ring (bicyclic) bond motifs is 4. The third-order valence-electron chi connectivity index (χ3n) is 8.60. The van der Waals surface area contributed by atoms with Crippen molar-refractivity contribution in [1.29, 1.82) is 0 Å². The molecule has 6 aromatic carbocycles. The lowest BCUT2D eigenvalue weighted by Gasteiger charge is -2.12. The minimum atomic E-state index is 0.656. The van der Waals surface area contributed by atoms with Gasteiger partial charge in [-0.15, -0.1) is 11.3 Å². The minimum absolute atomic E-state index is 0.656. The average molecular weight is 619 g/mol. The third kappa shape index (κ3) is 4.94. The van der Waals surface area contributed by atoms with Gasteiger partial charge in [-0.2, -0.15) is 0 Å². The number of hydrogen-bond donors (Lipinski definition) is 0. The molecule has 0 aliphatic rings. The monoisotopic (exact) mass is 618 g/mol. The van der Waals surface area contributed by atoms with Gasteiger partial charge < -0.3 is 0 Å². The first kappa shape index (κ1) is 27.3. The van der Waals surface area contributed by atoms with Gasteiger partial charge in [0.25, 0.3) is 0 Å². The molecule has 0 fully saturated rings. The summed E-state index contributed by atoms with van der Waals surface area (Å²) >= 11 is 1.78. The maximum Gasteiger partial charge on any atom is 0.165 e. The van der Waals surface area contributed by atoms with E-state index in [9.17, 15) is 0 Å². The fourth-order valence-electron chi connectivity index (χ4n) is 6.28. The first-order valence-corrected chi connectivity index (χ1v) is 16.4. The molecule has 0 atom stereocenters. The Hall–Kier alpha value is -6.04. The van der Waals surface area contributed by atoms with E-state index in [0.29, 0.717) is 17.5 Å². The molecular formula is C42H26N4S. The van der Waals surface area contributed by atoms with Gasteiger partial charge in [0.15, 0.2) is 17.5 Å². The van der Waals surface area contributed by atoms with Gasteiger partial charge in [-0.1, -0.05) is 121 Å². The molecule has 3 aromatic heterocycles. The molecule has 0 N–H and O–H groups in total. The van der Waals surface area contributed by atoms with Gasteiger partial charge in [0.2, 0.25) is 0 Å². The Morgan fingerprint density at radius 2 is 0.979 bits per heavy atom. The summed E-state index contributed by atoms with van der Waals surface area (Å²) < 4.78 is 2.40. The highest BCUT2D eigenvalue weighted by Gasteiger charge is 2.18. The van der Waals surface area contributed by atoms with Crippen LogP contribution >= 0.6 is 11.3 Å². The zero-order valence-corrected chi connectivity index (χ0v) is 26.0. The van der Waals surface area contributed by atoms with Crippen molar-refractivity contribution in [2.45, 2.75) is 0 Å². The van der Waals surface area contributed by atoms with Crippen LogP contribution in [0.2, 0.25) is 0 Å². The van der Waals surface area contributed by atoms with Gasteiger partial charge in [-0.3, -0.25) is 4.98 Å². The Balaban J connectivity index is 1.25. The average Bonchev–Trinajstić information content (AvgIpc) is 3.53. The van der Waals surface area contributed by atoms with E-state index in [4.69, 9.17) is 15.0 Å². The fraction of sp³-hybridized carbons (Fsp3) is 0. The van der Waals surface area contributed by atoms with E-state index in [1.54, 1.807) is 11.3 Å². The number of pyridine rings is 1. The molecule has 9 rings (SSSR count). The molecule has 5 heteroatoms. The molecule has 0 spiro atoms. The van der Waals surface area contributed by atoms with Crippen LogP contribution in [-0.2, 0) is 0 Å². The van der Waals surface area contributed by atoms with Gasteiger partial charge in [0.1, 0.15) is 0 Å². The van der Waals surface area contributed by atoms with Crippen molar-refractivity contribution in [3.05, 3.63) is 158 Å². The molecule has 9 aromatic rings. The largest absolute Gasteiger partial charge is 0.256 e. The summed E-state index contributed by atoms with van der Waals surface area (Å²) in [5.74, 6) is 1.97. The predicted molar refractivity (Wildman–Crippen MR) is 195 cm³/mol. The Kier molecular flexibility index (Phi) is 6.61. The molecule has 3 heterocycles. The molecule has 220 valence electrons. The van der Waals surface area contributed by atoms with Crippen LogP contribution in [0.25, 0.3) is 87.5 Å². The lowest BCUT2D eigenvalue weighted by molar-refractivity contribution is 1.08. The van der Waals surface area contributed by atoms with Gasteiger partial charge in [-0.05, 0) is 52.6 Å². The Morgan fingerprint density at radius 3 is 1.70 bits per heavy atom. The van der Waals surface area contributed by atoms with E-state index in [1.165, 1.54) is 25.7 Å². The maximum atomic E-state index is 5.12. The molecule has 0 saturated heterocycles. The lowest BCUT2D eigenvalue weighted by Crippen LogP contribution is -2.00. The molecule has 0 radical (unpaired) electrons. The molecule has 0 aliphatic heterocycles. The van der Waals surface area contributed by atoms with E-state index in [-0.39, 0.29) is 0 Å². The van der Waals surface area contributed by atoms with Crippen LogP contribution in [0.15, 0.2) is 158 Å². The minimum Gasteiger partial charge on any atom is -0.256 e. The third-order valence-corrected chi connectivity index (χ3v) is 9.82. The fourth-order valence-corrected chi connectivity index (χ4v) is 7.47. The smallest absolute Gasteiger partial charge is 0.165 e. The van der Waals surface area contributed by atoms with Gasteiger partial charge in [0, 0.05) is 48.4 Å². The number of aromatic nitrogens is 4. The van der Waals surface area contributed by atoms with E-state index >= 15 is 0 Å². The van der Waals surface area contributed by atoms with Crippen LogP contribution in [0.1, 0.15) is 0 Å². The molecule has 0 amide bonds. The summed E-state index contributed by atoms with van der Waals surface area (Å²) in [4.78, 5) is 19.7. The van der Waals surface area contributed by atoms with E-state index < -0.39 is 0 Å². The van der Waals surface area contributed by atoms with Crippen LogP contribution in [0.4, 0.5) is 0 Å². The summed E-state index contributed by atoms with van der Waals surface area (Å²) in [6.45, 7) is 0. The topological polar surface area (TPSA) is 51.6 Å². The first-order valence-electron chi connectivity index (χ1n) is 15.6. The van der Waals surface area contributed by atoms with Gasteiger partial charge >= 0.3 is 0 Å². The van der Waals surface area contributed by atoms with Crippen LogP contribution in [0.5, 0.6) is 0 Å². The molecular weight excluding hydrogens is 593 g/mol. The number of thiophene rings is 1. The zero-order chi connectivity index (χ0) is 31.2. The van der Waals surface area contributed by atoms with Crippen molar-refractivity contribution < 1.29 is 0 Å². The van der Waals surface area contributed by atoms with E-state index in [0.717, 1.165) is 44.3 Å². The second-order valence-electron chi connectivity index (χ2n) is 11.5. The summed E-state index contributed by atoms with van der Waals surface area (Å²) in [6, 6.07) is 52.7. The Labute approximate surface area is 275 Å². The predicted octanol–water partition coefficient (Wildman–Crippen LogP) is 11.1. The highest BCUT2D eigenvalue weighted by molar-refractivity contribution is 7.26. The molecule has 0 bridgehead atoms. The SMILES string of the molecule is c1ccc(-c2nc(-c3ccccc3)nc(-c3cc(-c4ccc(-c5ccnc6ccccc56)cc4)cc4c3sc3ccccc34)n2)cc1. The summed E-state index contributed by atoms with van der Waals surface area (Å²) in [5, 5.41) is 3.58. The second kappa shape index (κ2) is 11.4. The van der Waals surface area contributed by atoms with Crippen molar-refractivity contribution in [3.63, 3.8) is 0 Å². The van der Waals surface area contributed by atoms with E-state index in [1.807, 2.05) is 72.9 Å². The van der Waals surface area contributed by atoms with Gasteiger partial charge in [-0.25, -0.2) is 15.0 Å². The molecule has 47 heavy (non-hydrogen) atoms. The van der Waals surface area contributed by atoms with Crippen molar-refractivity contribution in [2.75, 3.05) is 0 Å². The van der Waals surface area contributed by atoms with Crippen molar-refractivity contribution in [3.8, 4) is 56.4 Å². The quantitative estimate of drug-likeness (QED) is 0.193. The van der Waals surface area contributed by atoms with Crippen molar-refractivity contribution in [2.24, 2.45) is 0 Å². The Morgan fingerprint density at radius 1 is 0.383 bits per heavy atom. The summed E-state index contributed by atoms with van der Waals surface area (Å²) in [7, 11) is 0. The normalized spacial score (nSPS) is 11.4. The molecule has 4 nitrogen and oxygen atoms in total. The van der Waals surface area contributed by atoms with Crippen LogP contribution in [-0.4, -0.2) is 19.9 Å². The van der Waals surface area contributed by atoms with E-state index in [2.05, 4.69) is 89.9 Å². The van der Waals surface area contributed by atoms with Crippen molar-refractivity contribution >= 4 is 42.4 Å². The molecule has 0 saturated carbocycles. The first-order chi connectivity index (χ1) is 23.3. The second-order valence-corrected chi connectivity index (χ2v) is 12.5. The summed E-state index contributed by atoms with van der Waals surface area (Å²) in [6.07, 6.45) is 1.88. The van der Waals surface area contributed by atoms with Crippen LogP contribution in [0, 0.1) is 0 Å². The van der Waals surface area contributed by atoms with Crippen molar-refractivity contribution in [1.82, 2.24) is 19.9 Å². The number of nitrogens with zero attached hydrogens (tertiary/aromatic N) is 4. The standard InChI is InChI=1S/C42H26N4S/c1-3-11-29(12-4-1)40-44-41(30-13-5-2-6-14-30)46-42(45-40)36-26-31(25-35-34-16-8-10-18-38(34)47-39(35)36)27-19-21-28(22-20-27)32-23-24-43-37-17-9-7-15-33(32)37/h1-26H. The maximum absolute atomic E-state index is 5.12. The van der Waals surface area contributed by atoms with Crippen LogP contribution in [0.3, 0.4) is 0 Å². The highest BCUT2D eigenvalue weighted by atomic mass is 32.1. The summed E-state index contributed by atoms with van der Waals surface area (Å²) in [5.41, 5.74) is 8.49. The molecule has 0 unspecified atom stereocenters. The number of hydrogen-bond acceptors (Lipinski definition) is 5. The number of rotatable bonds is 5. The Bertz CT molecular complexity index is 2500. The highest BCUT2D eigenvalue weighted by Crippen LogP contribution is 2.43. The zero-order valence-electron chi connectivity index (χ0n) is 25.2. The number of benzene rings is 6. The van der Waals surface area contributed by atoms with Gasteiger partial charge in [0.05, 0.1) is 5.52 Å². The number of para-hydroxylation sites is 1.